The number of hydrogen-bond donors (Lipinski definition) is 1. The summed E-state index contributed by atoms with van der Waals surface area (Å²) in [5, 5.41) is 8.16. The van der Waals surface area contributed by atoms with Crippen molar-refractivity contribution in [1.29, 1.82) is 0 Å². The number of nitrogens with zero attached hydrogens (tertiary/aromatic N) is 2. The van der Waals surface area contributed by atoms with Gasteiger partial charge in [-0.25, -0.2) is 0 Å². The summed E-state index contributed by atoms with van der Waals surface area (Å²) in [4.78, 5) is 0. The van der Waals surface area contributed by atoms with Crippen molar-refractivity contribution in [1.82, 2.24) is 15.1 Å². The molecular weight excluding hydrogens is 226 g/mol. The fourth-order valence-electron chi connectivity index (χ4n) is 2.78. The Balaban J connectivity index is 1.92. The number of rotatable bonds is 6. The van der Waals surface area contributed by atoms with Crippen LogP contribution in [0.2, 0.25) is 0 Å². The molecule has 2 unspecified atom stereocenters. The lowest BCUT2D eigenvalue weighted by atomic mass is 9.96. The summed E-state index contributed by atoms with van der Waals surface area (Å²) in [6.07, 6.45) is 5.49. The maximum atomic E-state index is 5.48. The van der Waals surface area contributed by atoms with Gasteiger partial charge in [-0.2, -0.15) is 5.10 Å². The van der Waals surface area contributed by atoms with Gasteiger partial charge in [-0.1, -0.05) is 13.8 Å². The maximum Gasteiger partial charge on any atom is 0.0666 e. The number of aromatic nitrogens is 2. The van der Waals surface area contributed by atoms with Gasteiger partial charge in [0.05, 0.1) is 12.3 Å². The molecule has 1 aliphatic heterocycles. The van der Waals surface area contributed by atoms with Crippen LogP contribution < -0.4 is 5.32 Å². The van der Waals surface area contributed by atoms with Crippen LogP contribution in [0.25, 0.3) is 0 Å². The van der Waals surface area contributed by atoms with Gasteiger partial charge in [0.25, 0.3) is 0 Å². The predicted molar refractivity (Wildman–Crippen MR) is 72.4 cm³/mol. The minimum Gasteiger partial charge on any atom is -0.381 e. The minimum absolute atomic E-state index is 0.567. The number of nitrogens with one attached hydrogen (secondary N) is 1. The fourth-order valence-corrected chi connectivity index (χ4v) is 2.78. The predicted octanol–water partition coefficient (Wildman–Crippen LogP) is 1.89. The second-order valence-corrected chi connectivity index (χ2v) is 5.15. The summed E-state index contributed by atoms with van der Waals surface area (Å²) < 4.78 is 7.40. The highest BCUT2D eigenvalue weighted by Gasteiger charge is 2.24. The van der Waals surface area contributed by atoms with Crippen molar-refractivity contribution >= 4 is 0 Å². The van der Waals surface area contributed by atoms with Gasteiger partial charge in [-0.3, -0.25) is 4.68 Å². The van der Waals surface area contributed by atoms with Crippen molar-refractivity contribution in [2.75, 3.05) is 13.2 Å². The molecule has 2 heterocycles. The van der Waals surface area contributed by atoms with Crippen LogP contribution >= 0.6 is 0 Å². The van der Waals surface area contributed by atoms with Crippen molar-refractivity contribution in [2.45, 2.75) is 45.7 Å². The first-order valence-corrected chi connectivity index (χ1v) is 7.07. The maximum absolute atomic E-state index is 5.48. The lowest BCUT2D eigenvalue weighted by Crippen LogP contribution is -2.35. The smallest absolute Gasteiger partial charge is 0.0666 e. The van der Waals surface area contributed by atoms with Gasteiger partial charge in [0.15, 0.2) is 0 Å². The highest BCUT2D eigenvalue weighted by Crippen LogP contribution is 2.19. The van der Waals surface area contributed by atoms with E-state index < -0.39 is 0 Å². The van der Waals surface area contributed by atoms with Gasteiger partial charge in [0.1, 0.15) is 0 Å². The summed E-state index contributed by atoms with van der Waals surface area (Å²) in [5.74, 6) is 0.678. The first-order chi connectivity index (χ1) is 8.74. The lowest BCUT2D eigenvalue weighted by Gasteiger charge is -2.22. The summed E-state index contributed by atoms with van der Waals surface area (Å²) in [6, 6.07) is 0.567. The van der Waals surface area contributed by atoms with E-state index in [-0.39, 0.29) is 0 Å². The fraction of sp³-hybridized carbons (Fsp3) is 0.786. The van der Waals surface area contributed by atoms with E-state index in [1.807, 2.05) is 11.7 Å². The molecule has 1 saturated heterocycles. The molecule has 2 atom stereocenters. The average Bonchev–Trinajstić information content (AvgIpc) is 2.99. The van der Waals surface area contributed by atoms with Gasteiger partial charge in [-0.15, -0.1) is 0 Å². The van der Waals surface area contributed by atoms with Crippen LogP contribution in [-0.2, 0) is 24.8 Å². The van der Waals surface area contributed by atoms with E-state index in [1.54, 1.807) is 0 Å². The van der Waals surface area contributed by atoms with Gasteiger partial charge in [0.2, 0.25) is 0 Å². The SMILES string of the molecule is CCc1nn(C)cc1CNC(CC)C1CCOC1. The summed E-state index contributed by atoms with van der Waals surface area (Å²) in [6.45, 7) is 7.18. The molecule has 0 aliphatic carbocycles. The summed E-state index contributed by atoms with van der Waals surface area (Å²) >= 11 is 0. The standard InChI is InChI=1S/C14H25N3O/c1-4-13(11-6-7-18-10-11)15-8-12-9-17(3)16-14(12)5-2/h9,11,13,15H,4-8,10H2,1-3H3. The van der Waals surface area contributed by atoms with Gasteiger partial charge in [0, 0.05) is 38.0 Å². The molecule has 0 bridgehead atoms. The molecule has 102 valence electrons. The molecule has 1 N–H and O–H groups in total. The van der Waals surface area contributed by atoms with Crippen LogP contribution in [0.1, 0.15) is 37.9 Å². The second-order valence-electron chi connectivity index (χ2n) is 5.15. The molecule has 1 aliphatic rings. The zero-order valence-corrected chi connectivity index (χ0v) is 11.8. The Hall–Kier alpha value is -0.870. The molecule has 0 radical (unpaired) electrons. The molecule has 18 heavy (non-hydrogen) atoms. The molecule has 2 rings (SSSR count). The molecular formula is C14H25N3O. The quantitative estimate of drug-likeness (QED) is 0.839. The molecule has 0 saturated carbocycles. The molecule has 1 aromatic rings. The van der Waals surface area contributed by atoms with E-state index >= 15 is 0 Å². The van der Waals surface area contributed by atoms with E-state index in [2.05, 4.69) is 30.5 Å². The van der Waals surface area contributed by atoms with E-state index in [4.69, 9.17) is 4.74 Å². The van der Waals surface area contributed by atoms with Crippen molar-refractivity contribution in [2.24, 2.45) is 13.0 Å². The van der Waals surface area contributed by atoms with Crippen LogP contribution in [0, 0.1) is 5.92 Å². The minimum atomic E-state index is 0.567. The highest BCUT2D eigenvalue weighted by molar-refractivity contribution is 5.16. The van der Waals surface area contributed by atoms with Crippen LogP contribution in [0.4, 0.5) is 0 Å². The Labute approximate surface area is 110 Å². The third-order valence-corrected chi connectivity index (χ3v) is 3.86. The van der Waals surface area contributed by atoms with Crippen LogP contribution in [0.3, 0.4) is 0 Å². The Bertz CT molecular complexity index is 369. The molecule has 4 heteroatoms. The molecule has 0 spiro atoms. The monoisotopic (exact) mass is 251 g/mol. The Morgan fingerprint density at radius 1 is 1.56 bits per heavy atom. The first kappa shape index (κ1) is 13.6. The van der Waals surface area contributed by atoms with Crippen LogP contribution in [0.15, 0.2) is 6.20 Å². The Morgan fingerprint density at radius 2 is 2.39 bits per heavy atom. The van der Waals surface area contributed by atoms with E-state index in [9.17, 15) is 0 Å². The number of aryl methyl sites for hydroxylation is 2. The Morgan fingerprint density at radius 3 is 3.00 bits per heavy atom. The number of ether oxygens (including phenoxy) is 1. The normalized spacial score (nSPS) is 21.4. The van der Waals surface area contributed by atoms with Gasteiger partial charge >= 0.3 is 0 Å². The summed E-state index contributed by atoms with van der Waals surface area (Å²) in [7, 11) is 1.99. The van der Waals surface area contributed by atoms with E-state index in [1.165, 1.54) is 17.7 Å². The van der Waals surface area contributed by atoms with Gasteiger partial charge in [-0.05, 0) is 25.2 Å². The molecule has 1 fully saturated rings. The third kappa shape index (κ3) is 3.12. The molecule has 1 aromatic heterocycles. The second kappa shape index (κ2) is 6.34. The van der Waals surface area contributed by atoms with Crippen molar-refractivity contribution in [3.63, 3.8) is 0 Å². The zero-order chi connectivity index (χ0) is 13.0. The summed E-state index contributed by atoms with van der Waals surface area (Å²) in [5.41, 5.74) is 2.54. The van der Waals surface area contributed by atoms with Crippen molar-refractivity contribution in [3.8, 4) is 0 Å². The Kier molecular flexibility index (Phi) is 4.78. The lowest BCUT2D eigenvalue weighted by molar-refractivity contribution is 0.175. The molecule has 0 amide bonds. The van der Waals surface area contributed by atoms with E-state index in [0.717, 1.165) is 32.6 Å². The van der Waals surface area contributed by atoms with Crippen LogP contribution in [-0.4, -0.2) is 29.0 Å². The highest BCUT2D eigenvalue weighted by atomic mass is 16.5. The van der Waals surface area contributed by atoms with Crippen molar-refractivity contribution < 1.29 is 4.74 Å². The third-order valence-electron chi connectivity index (χ3n) is 3.86. The molecule has 0 aromatic carbocycles. The van der Waals surface area contributed by atoms with Gasteiger partial charge < -0.3 is 10.1 Å². The van der Waals surface area contributed by atoms with E-state index in [0.29, 0.717) is 12.0 Å². The molecule has 4 nitrogen and oxygen atoms in total. The van der Waals surface area contributed by atoms with Crippen molar-refractivity contribution in [3.05, 3.63) is 17.5 Å². The average molecular weight is 251 g/mol. The van der Waals surface area contributed by atoms with Crippen LogP contribution in [0.5, 0.6) is 0 Å². The topological polar surface area (TPSA) is 39.1 Å². The largest absolute Gasteiger partial charge is 0.381 e. The zero-order valence-electron chi connectivity index (χ0n) is 11.8. The number of hydrogen-bond acceptors (Lipinski definition) is 3. The first-order valence-electron chi connectivity index (χ1n) is 7.07.